The zero-order chi connectivity index (χ0) is 22.4. The Hall–Kier alpha value is -3.08. The number of carboxylic acids is 1. The number of pyridine rings is 1. The molecule has 0 aliphatic rings. The van der Waals surface area contributed by atoms with Gasteiger partial charge in [0.1, 0.15) is 5.82 Å². The predicted molar refractivity (Wildman–Crippen MR) is 124 cm³/mol. The van der Waals surface area contributed by atoms with E-state index >= 15 is 0 Å². The van der Waals surface area contributed by atoms with E-state index in [1.54, 1.807) is 35.3 Å². The minimum atomic E-state index is -1.15. The number of benzene rings is 1. The van der Waals surface area contributed by atoms with Gasteiger partial charge in [-0.05, 0) is 43.2 Å². The summed E-state index contributed by atoms with van der Waals surface area (Å²) in [6, 6.07) is 7.56. The summed E-state index contributed by atoms with van der Waals surface area (Å²) in [6.07, 6.45) is 3.23. The summed E-state index contributed by atoms with van der Waals surface area (Å²) < 4.78 is 28.3. The number of nitrogens with zero attached hydrogens (tertiary/aromatic N) is 3. The van der Waals surface area contributed by atoms with Crippen LogP contribution in [0.3, 0.4) is 0 Å². The van der Waals surface area contributed by atoms with Crippen LogP contribution in [0.1, 0.15) is 12.5 Å². The zero-order valence-corrected chi connectivity index (χ0v) is 19.1. The Bertz CT molecular complexity index is 1080. The number of carbonyl (C=O) groups is 2. The molecule has 3 N–H and O–H groups in total. The third-order valence-electron chi connectivity index (χ3n) is 4.55. The molecule has 8 nitrogen and oxygen atoms in total. The molecule has 0 aliphatic heterocycles. The number of rotatable bonds is 9. The summed E-state index contributed by atoms with van der Waals surface area (Å²) in [6.45, 7) is 1.87. The highest BCUT2D eigenvalue weighted by molar-refractivity contribution is 5.95. The lowest BCUT2D eigenvalue weighted by Gasteiger charge is -2.18. The van der Waals surface area contributed by atoms with E-state index in [4.69, 9.17) is 5.11 Å². The molecule has 1 amide bonds. The minimum absolute atomic E-state index is 0. The maximum Gasteiger partial charge on any atom is 0.317 e. The second-order valence-electron chi connectivity index (χ2n) is 6.74. The van der Waals surface area contributed by atoms with E-state index in [1.165, 1.54) is 6.07 Å². The van der Waals surface area contributed by atoms with E-state index in [0.29, 0.717) is 23.6 Å². The van der Waals surface area contributed by atoms with Gasteiger partial charge in [-0.3, -0.25) is 19.9 Å². The van der Waals surface area contributed by atoms with Crippen LogP contribution >= 0.6 is 24.8 Å². The molecule has 178 valence electrons. The van der Waals surface area contributed by atoms with E-state index in [1.807, 2.05) is 6.92 Å². The van der Waals surface area contributed by atoms with Gasteiger partial charge in [-0.2, -0.15) is 5.10 Å². The second kappa shape index (κ2) is 12.8. The van der Waals surface area contributed by atoms with E-state index in [2.05, 4.69) is 20.7 Å². The summed E-state index contributed by atoms with van der Waals surface area (Å²) in [5, 5.41) is 18.8. The van der Waals surface area contributed by atoms with E-state index < -0.39 is 36.1 Å². The summed E-state index contributed by atoms with van der Waals surface area (Å²) >= 11 is 0. The number of amides is 1. The Morgan fingerprint density at radius 1 is 1.09 bits per heavy atom. The molecule has 0 spiro atoms. The van der Waals surface area contributed by atoms with E-state index in [0.717, 1.165) is 17.7 Å². The Kier molecular flexibility index (Phi) is 10.9. The van der Waals surface area contributed by atoms with Gasteiger partial charge in [0.05, 0.1) is 18.3 Å². The number of aryl methyl sites for hydroxylation is 1. The molecule has 0 radical (unpaired) electrons. The summed E-state index contributed by atoms with van der Waals surface area (Å²) in [7, 11) is 0. The van der Waals surface area contributed by atoms with Crippen LogP contribution in [-0.2, 0) is 22.6 Å². The number of carbonyl (C=O) groups excluding carboxylic acids is 1. The Morgan fingerprint density at radius 3 is 2.39 bits per heavy atom. The second-order valence-corrected chi connectivity index (χ2v) is 6.74. The van der Waals surface area contributed by atoms with Crippen LogP contribution in [0.2, 0.25) is 0 Å². The van der Waals surface area contributed by atoms with Gasteiger partial charge < -0.3 is 10.4 Å². The summed E-state index contributed by atoms with van der Waals surface area (Å²) in [5.41, 5.74) is 1.80. The highest BCUT2D eigenvalue weighted by atomic mass is 35.5. The fourth-order valence-electron chi connectivity index (χ4n) is 3.01. The maximum absolute atomic E-state index is 13.5. The number of anilines is 1. The molecule has 3 rings (SSSR count). The number of aromatic nitrogens is 3. The van der Waals surface area contributed by atoms with Crippen molar-refractivity contribution in [3.8, 4) is 11.3 Å². The molecule has 0 saturated heterocycles. The van der Waals surface area contributed by atoms with Gasteiger partial charge in [-0.25, -0.2) is 13.5 Å². The SMILES string of the molecule is CCn1nc(-c2ccncc2)cc1NC(=O)[C@H](Cc1ccc(F)c(F)c1)NCC(=O)O.Cl.Cl. The number of halogens is 4. The van der Waals surface area contributed by atoms with Crippen molar-refractivity contribution in [3.05, 3.63) is 66.0 Å². The first-order chi connectivity index (χ1) is 14.9. The molecule has 2 heterocycles. The molecule has 0 fully saturated rings. The Morgan fingerprint density at radius 2 is 1.79 bits per heavy atom. The van der Waals surface area contributed by atoms with Crippen LogP contribution in [-0.4, -0.2) is 44.3 Å². The standard InChI is InChI=1S/C21H21F2N5O3.2ClH/c1-2-28-19(11-17(27-28)14-5-7-24-8-6-14)26-21(31)18(25-12-20(29)30)10-13-3-4-15(22)16(23)9-13;;/h3-9,11,18,25H,2,10,12H2,1H3,(H,26,31)(H,29,30);2*1H/t18-;;/m0../s1. The largest absolute Gasteiger partial charge is 0.480 e. The van der Waals surface area contributed by atoms with Gasteiger partial charge >= 0.3 is 5.97 Å². The van der Waals surface area contributed by atoms with E-state index in [9.17, 15) is 18.4 Å². The van der Waals surface area contributed by atoms with Crippen molar-refractivity contribution in [1.82, 2.24) is 20.1 Å². The summed E-state index contributed by atoms with van der Waals surface area (Å²) in [4.78, 5) is 27.9. The molecule has 1 aromatic carbocycles. The molecule has 12 heteroatoms. The normalized spacial score (nSPS) is 11.1. The van der Waals surface area contributed by atoms with Crippen molar-refractivity contribution < 1.29 is 23.5 Å². The third kappa shape index (κ3) is 7.48. The van der Waals surface area contributed by atoms with Gasteiger partial charge in [0.25, 0.3) is 0 Å². The predicted octanol–water partition coefficient (Wildman–Crippen LogP) is 3.31. The van der Waals surface area contributed by atoms with Crippen molar-refractivity contribution in [1.29, 1.82) is 0 Å². The number of nitrogens with one attached hydrogen (secondary N) is 2. The van der Waals surface area contributed by atoms with Gasteiger partial charge in [-0.15, -0.1) is 24.8 Å². The minimum Gasteiger partial charge on any atom is -0.480 e. The van der Waals surface area contributed by atoms with Gasteiger partial charge in [0.2, 0.25) is 5.91 Å². The summed E-state index contributed by atoms with van der Waals surface area (Å²) in [5.74, 6) is -3.30. The quantitative estimate of drug-likeness (QED) is 0.415. The monoisotopic (exact) mass is 501 g/mol. The lowest BCUT2D eigenvalue weighted by atomic mass is 10.0. The fourth-order valence-corrected chi connectivity index (χ4v) is 3.01. The number of carboxylic acid groups (broad SMARTS) is 1. The van der Waals surface area contributed by atoms with Crippen molar-refractivity contribution in [2.75, 3.05) is 11.9 Å². The molecule has 0 saturated carbocycles. The smallest absolute Gasteiger partial charge is 0.317 e. The molecule has 2 aromatic heterocycles. The third-order valence-corrected chi connectivity index (χ3v) is 4.55. The lowest BCUT2D eigenvalue weighted by Crippen LogP contribution is -2.44. The average Bonchev–Trinajstić information content (AvgIpc) is 3.16. The molecule has 3 aromatic rings. The first kappa shape index (κ1) is 28.0. The van der Waals surface area contributed by atoms with Crippen LogP contribution in [0, 0.1) is 11.6 Å². The average molecular weight is 502 g/mol. The van der Waals surface area contributed by atoms with Crippen molar-refractivity contribution >= 4 is 42.5 Å². The van der Waals surface area contributed by atoms with Crippen LogP contribution < -0.4 is 10.6 Å². The first-order valence-electron chi connectivity index (χ1n) is 9.55. The number of hydrogen-bond acceptors (Lipinski definition) is 5. The van der Waals surface area contributed by atoms with Crippen molar-refractivity contribution in [2.24, 2.45) is 0 Å². The first-order valence-corrected chi connectivity index (χ1v) is 9.55. The molecule has 0 unspecified atom stereocenters. The lowest BCUT2D eigenvalue weighted by molar-refractivity contribution is -0.136. The van der Waals surface area contributed by atoms with Crippen LogP contribution in [0.25, 0.3) is 11.3 Å². The molecular formula is C21H23Cl2F2N5O3. The fraction of sp³-hybridized carbons (Fsp3) is 0.238. The highest BCUT2D eigenvalue weighted by Gasteiger charge is 2.22. The molecule has 0 aliphatic carbocycles. The van der Waals surface area contributed by atoms with Crippen LogP contribution in [0.15, 0.2) is 48.8 Å². The van der Waals surface area contributed by atoms with Gasteiger partial charge in [0, 0.05) is 30.6 Å². The Labute approximate surface area is 201 Å². The number of hydrogen-bond donors (Lipinski definition) is 3. The van der Waals surface area contributed by atoms with E-state index in [-0.39, 0.29) is 31.2 Å². The highest BCUT2D eigenvalue weighted by Crippen LogP contribution is 2.22. The number of aliphatic carboxylic acids is 1. The Balaban J connectivity index is 0.00000272. The van der Waals surface area contributed by atoms with Gasteiger partial charge in [-0.1, -0.05) is 6.07 Å². The van der Waals surface area contributed by atoms with Crippen molar-refractivity contribution in [2.45, 2.75) is 25.9 Å². The van der Waals surface area contributed by atoms with Crippen LogP contribution in [0.5, 0.6) is 0 Å². The topological polar surface area (TPSA) is 109 Å². The molecular weight excluding hydrogens is 479 g/mol. The zero-order valence-electron chi connectivity index (χ0n) is 17.5. The molecule has 0 bridgehead atoms. The van der Waals surface area contributed by atoms with Crippen molar-refractivity contribution in [3.63, 3.8) is 0 Å². The van der Waals surface area contributed by atoms with Gasteiger partial charge in [0.15, 0.2) is 11.6 Å². The van der Waals surface area contributed by atoms with Crippen LogP contribution in [0.4, 0.5) is 14.6 Å². The maximum atomic E-state index is 13.5. The molecule has 1 atom stereocenters. The molecule has 33 heavy (non-hydrogen) atoms.